The first kappa shape index (κ1) is 13.0. The zero-order valence-corrected chi connectivity index (χ0v) is 12.2. The average Bonchev–Trinajstić information content (AvgIpc) is 2.93. The second-order valence-electron chi connectivity index (χ2n) is 7.57. The Balaban J connectivity index is 1.74. The lowest BCUT2D eigenvalue weighted by Gasteiger charge is -2.42. The second-order valence-corrected chi connectivity index (χ2v) is 7.57. The van der Waals surface area contributed by atoms with E-state index in [1.807, 2.05) is 0 Å². The summed E-state index contributed by atoms with van der Waals surface area (Å²) in [7, 11) is 0. The minimum Gasteiger partial charge on any atom is -0.198 e. The topological polar surface area (TPSA) is 47.6 Å². The molecule has 19 heavy (non-hydrogen) atoms. The first-order valence-corrected chi connectivity index (χ1v) is 7.86. The summed E-state index contributed by atoms with van der Waals surface area (Å²) in [6, 6.07) is 5.03. The molecule has 0 bridgehead atoms. The first-order chi connectivity index (χ1) is 9.07. The van der Waals surface area contributed by atoms with Gasteiger partial charge in [0.15, 0.2) is 0 Å². The van der Waals surface area contributed by atoms with Gasteiger partial charge < -0.3 is 0 Å². The van der Waals surface area contributed by atoms with Crippen molar-refractivity contribution in [1.29, 1.82) is 10.5 Å². The number of nitrogens with zero attached hydrogens (tertiary/aromatic N) is 2. The number of hydrogen-bond acceptors (Lipinski definition) is 2. The molecule has 0 aromatic rings. The molecule has 102 valence electrons. The van der Waals surface area contributed by atoms with Gasteiger partial charge in [0, 0.05) is 6.42 Å². The molecule has 3 fully saturated rings. The molecule has 0 aromatic carbocycles. The Morgan fingerprint density at radius 3 is 2.58 bits per heavy atom. The molecule has 0 unspecified atom stereocenters. The first-order valence-electron chi connectivity index (χ1n) is 7.86. The molecule has 0 amide bonds. The lowest BCUT2D eigenvalue weighted by atomic mass is 9.61. The van der Waals surface area contributed by atoms with Crippen molar-refractivity contribution < 1.29 is 0 Å². The van der Waals surface area contributed by atoms with Crippen LogP contribution in [-0.2, 0) is 0 Å². The van der Waals surface area contributed by atoms with Crippen LogP contribution in [0.1, 0.15) is 58.8 Å². The highest BCUT2D eigenvalue weighted by Gasteiger charge is 2.76. The minimum atomic E-state index is -0.00385. The predicted molar refractivity (Wildman–Crippen MR) is 73.7 cm³/mol. The van der Waals surface area contributed by atoms with Gasteiger partial charge >= 0.3 is 0 Å². The molecule has 0 aromatic heterocycles. The van der Waals surface area contributed by atoms with Crippen molar-refractivity contribution in [3.05, 3.63) is 0 Å². The maximum absolute atomic E-state index is 9.78. The van der Waals surface area contributed by atoms with Crippen molar-refractivity contribution in [3.8, 4) is 12.1 Å². The summed E-state index contributed by atoms with van der Waals surface area (Å²) in [5.41, 5.74) is 0.247. The van der Waals surface area contributed by atoms with Crippen molar-refractivity contribution in [2.75, 3.05) is 0 Å². The molecule has 3 aliphatic rings. The molecule has 0 radical (unpaired) electrons. The summed E-state index contributed by atoms with van der Waals surface area (Å²) >= 11 is 0. The minimum absolute atomic E-state index is 0.00385. The van der Waals surface area contributed by atoms with Crippen LogP contribution < -0.4 is 0 Å². The smallest absolute Gasteiger partial charge is 0.0701 e. The van der Waals surface area contributed by atoms with E-state index in [1.54, 1.807) is 0 Å². The summed E-state index contributed by atoms with van der Waals surface area (Å²) in [6.07, 6.45) is 8.12. The van der Waals surface area contributed by atoms with E-state index in [0.29, 0.717) is 18.3 Å². The van der Waals surface area contributed by atoms with E-state index in [-0.39, 0.29) is 10.8 Å². The van der Waals surface area contributed by atoms with E-state index < -0.39 is 0 Å². The van der Waals surface area contributed by atoms with E-state index in [4.69, 9.17) is 5.26 Å². The van der Waals surface area contributed by atoms with E-state index in [9.17, 15) is 5.26 Å². The molecule has 0 spiro atoms. The van der Waals surface area contributed by atoms with Gasteiger partial charge in [0.1, 0.15) is 0 Å². The molecular weight excluding hydrogens is 232 g/mol. The van der Waals surface area contributed by atoms with Gasteiger partial charge in [-0.25, -0.2) is 0 Å². The highest BCUT2D eigenvalue weighted by Crippen LogP contribution is 2.78. The van der Waals surface area contributed by atoms with E-state index in [2.05, 4.69) is 26.0 Å². The summed E-state index contributed by atoms with van der Waals surface area (Å²) in [5, 5.41) is 18.5. The SMILES string of the molecule is CC1(C)[C@H]2CC[C@H]3C[C@@H](CCC#N)CC[C@H]3[C@@]21C#N. The highest BCUT2D eigenvalue weighted by atomic mass is 14.8. The highest BCUT2D eigenvalue weighted by molar-refractivity contribution is 5.31. The molecule has 0 aliphatic heterocycles. The Labute approximate surface area is 116 Å². The third-order valence-corrected chi connectivity index (χ3v) is 6.76. The maximum atomic E-state index is 9.78. The fraction of sp³-hybridized carbons (Fsp3) is 0.882. The van der Waals surface area contributed by atoms with Gasteiger partial charge in [0.05, 0.1) is 17.6 Å². The molecule has 5 atom stereocenters. The van der Waals surface area contributed by atoms with Crippen molar-refractivity contribution in [2.24, 2.45) is 34.5 Å². The predicted octanol–water partition coefficient (Wildman–Crippen LogP) is 4.28. The van der Waals surface area contributed by atoms with Gasteiger partial charge in [0.2, 0.25) is 0 Å². The molecule has 2 nitrogen and oxygen atoms in total. The van der Waals surface area contributed by atoms with Gasteiger partial charge in [-0.1, -0.05) is 20.3 Å². The number of nitriles is 2. The number of fused-ring (bicyclic) bond motifs is 3. The Morgan fingerprint density at radius 1 is 1.11 bits per heavy atom. The Kier molecular flexibility index (Phi) is 2.90. The molecule has 2 heteroatoms. The molecule has 0 saturated heterocycles. The maximum Gasteiger partial charge on any atom is 0.0701 e. The fourth-order valence-electron chi connectivity index (χ4n) is 5.73. The normalized spacial score (nSPS) is 46.3. The van der Waals surface area contributed by atoms with Crippen LogP contribution in [0.25, 0.3) is 0 Å². The fourth-order valence-corrected chi connectivity index (χ4v) is 5.73. The summed E-state index contributed by atoms with van der Waals surface area (Å²) in [6.45, 7) is 4.62. The van der Waals surface area contributed by atoms with E-state index >= 15 is 0 Å². The van der Waals surface area contributed by atoms with Crippen molar-refractivity contribution >= 4 is 0 Å². The van der Waals surface area contributed by atoms with Crippen LogP contribution >= 0.6 is 0 Å². The molecule has 3 saturated carbocycles. The number of hydrogen-bond donors (Lipinski definition) is 0. The van der Waals surface area contributed by atoms with Crippen LogP contribution in [0.15, 0.2) is 0 Å². The van der Waals surface area contributed by atoms with Gasteiger partial charge in [-0.2, -0.15) is 10.5 Å². The average molecular weight is 256 g/mol. The van der Waals surface area contributed by atoms with E-state index in [0.717, 1.165) is 18.3 Å². The Hall–Kier alpha value is -1.02. The van der Waals surface area contributed by atoms with E-state index in [1.165, 1.54) is 32.1 Å². The summed E-state index contributed by atoms with van der Waals surface area (Å²) < 4.78 is 0. The molecule has 0 N–H and O–H groups in total. The van der Waals surface area contributed by atoms with Crippen molar-refractivity contribution in [2.45, 2.75) is 58.8 Å². The van der Waals surface area contributed by atoms with Crippen LogP contribution in [0.3, 0.4) is 0 Å². The van der Waals surface area contributed by atoms with Crippen LogP contribution in [-0.4, -0.2) is 0 Å². The molecule has 3 aliphatic carbocycles. The van der Waals surface area contributed by atoms with Crippen LogP contribution in [0.5, 0.6) is 0 Å². The number of rotatable bonds is 2. The van der Waals surface area contributed by atoms with Crippen molar-refractivity contribution in [1.82, 2.24) is 0 Å². The standard InChI is InChI=1S/C17H24N2/c1-16(2)15-8-6-13-10-12(4-3-9-18)5-7-14(13)17(15,16)11-19/h12-15H,3-8,10H2,1-2H3/t12-,13-,14+,15+,17-/m0/s1. The molecule has 3 rings (SSSR count). The van der Waals surface area contributed by atoms with Gasteiger partial charge in [-0.15, -0.1) is 0 Å². The summed E-state index contributed by atoms with van der Waals surface area (Å²) in [4.78, 5) is 0. The van der Waals surface area contributed by atoms with Crippen molar-refractivity contribution in [3.63, 3.8) is 0 Å². The lowest BCUT2D eigenvalue weighted by Crippen LogP contribution is -2.36. The monoisotopic (exact) mass is 256 g/mol. The summed E-state index contributed by atoms with van der Waals surface area (Å²) in [5.74, 6) is 2.80. The van der Waals surface area contributed by atoms with Crippen LogP contribution in [0.2, 0.25) is 0 Å². The Morgan fingerprint density at radius 2 is 1.89 bits per heavy atom. The zero-order chi connectivity index (χ0) is 13.7. The zero-order valence-electron chi connectivity index (χ0n) is 12.2. The molecular formula is C17H24N2. The largest absolute Gasteiger partial charge is 0.198 e. The van der Waals surface area contributed by atoms with Crippen LogP contribution in [0.4, 0.5) is 0 Å². The van der Waals surface area contributed by atoms with Gasteiger partial charge in [-0.05, 0) is 61.2 Å². The Bertz CT molecular complexity index is 453. The quantitative estimate of drug-likeness (QED) is 0.740. The van der Waals surface area contributed by atoms with Crippen LogP contribution in [0, 0.1) is 57.2 Å². The van der Waals surface area contributed by atoms with Gasteiger partial charge in [-0.3, -0.25) is 0 Å². The third kappa shape index (κ3) is 1.59. The third-order valence-electron chi connectivity index (χ3n) is 6.76. The second kappa shape index (κ2) is 4.24. The lowest BCUT2D eigenvalue weighted by molar-refractivity contribution is 0.0811. The molecule has 0 heterocycles. The van der Waals surface area contributed by atoms with Gasteiger partial charge in [0.25, 0.3) is 0 Å².